The molecule has 0 saturated carbocycles. The molecule has 0 aromatic rings. The smallest absolute Gasteiger partial charge is 0.320 e. The molecule has 1 N–H and O–H groups in total. The van der Waals surface area contributed by atoms with Crippen LogP contribution in [0.1, 0.15) is 33.1 Å². The van der Waals surface area contributed by atoms with Crippen molar-refractivity contribution in [1.29, 1.82) is 0 Å². The molecule has 1 unspecified atom stereocenters. The summed E-state index contributed by atoms with van der Waals surface area (Å²) >= 11 is 0. The Morgan fingerprint density at radius 2 is 2.15 bits per heavy atom. The van der Waals surface area contributed by atoms with Gasteiger partial charge in [0.25, 0.3) is 0 Å². The SMILES string of the molecule is CCCN(CC(=O)NCC1CCCO1)CC(=O)OCC. The first-order chi connectivity index (χ1) is 9.65. The summed E-state index contributed by atoms with van der Waals surface area (Å²) in [5.41, 5.74) is 0. The maximum atomic E-state index is 11.9. The molecule has 1 aliphatic rings. The lowest BCUT2D eigenvalue weighted by Crippen LogP contribution is -2.42. The average molecular weight is 286 g/mol. The van der Waals surface area contributed by atoms with Crippen LogP contribution in [0.2, 0.25) is 0 Å². The number of rotatable bonds is 9. The molecule has 6 nitrogen and oxygen atoms in total. The van der Waals surface area contributed by atoms with Gasteiger partial charge in [-0.25, -0.2) is 0 Å². The third-order valence-electron chi connectivity index (χ3n) is 3.12. The minimum absolute atomic E-state index is 0.0711. The van der Waals surface area contributed by atoms with E-state index in [9.17, 15) is 9.59 Å². The number of esters is 1. The highest BCUT2D eigenvalue weighted by Gasteiger charge is 2.18. The van der Waals surface area contributed by atoms with Crippen molar-refractivity contribution in [2.45, 2.75) is 39.2 Å². The highest BCUT2D eigenvalue weighted by molar-refractivity contribution is 5.79. The molecule has 0 aromatic carbocycles. The van der Waals surface area contributed by atoms with Crippen molar-refractivity contribution in [1.82, 2.24) is 10.2 Å². The lowest BCUT2D eigenvalue weighted by atomic mass is 10.2. The minimum atomic E-state index is -0.284. The fourth-order valence-corrected chi connectivity index (χ4v) is 2.21. The lowest BCUT2D eigenvalue weighted by Gasteiger charge is -2.20. The number of amides is 1. The summed E-state index contributed by atoms with van der Waals surface area (Å²) in [6.07, 6.45) is 3.09. The van der Waals surface area contributed by atoms with E-state index < -0.39 is 0 Å². The van der Waals surface area contributed by atoms with Gasteiger partial charge >= 0.3 is 5.97 Å². The van der Waals surface area contributed by atoms with Gasteiger partial charge in [0.15, 0.2) is 0 Å². The molecule has 1 aliphatic heterocycles. The van der Waals surface area contributed by atoms with Crippen LogP contribution in [0.4, 0.5) is 0 Å². The van der Waals surface area contributed by atoms with Crippen LogP contribution < -0.4 is 5.32 Å². The Morgan fingerprint density at radius 3 is 2.75 bits per heavy atom. The van der Waals surface area contributed by atoms with E-state index in [0.29, 0.717) is 19.7 Å². The van der Waals surface area contributed by atoms with Crippen molar-refractivity contribution in [2.24, 2.45) is 0 Å². The fraction of sp³-hybridized carbons (Fsp3) is 0.857. The van der Waals surface area contributed by atoms with Gasteiger partial charge in [-0.15, -0.1) is 0 Å². The normalized spacial score (nSPS) is 18.2. The Bertz CT molecular complexity index is 304. The average Bonchev–Trinajstić information content (AvgIpc) is 2.90. The number of carbonyl (C=O) groups is 2. The third-order valence-corrected chi connectivity index (χ3v) is 3.12. The molecule has 0 radical (unpaired) electrons. The van der Waals surface area contributed by atoms with Crippen molar-refractivity contribution in [3.8, 4) is 0 Å². The van der Waals surface area contributed by atoms with Crippen LogP contribution in [0.5, 0.6) is 0 Å². The highest BCUT2D eigenvalue weighted by Crippen LogP contribution is 2.10. The van der Waals surface area contributed by atoms with Gasteiger partial charge in [0.05, 0.1) is 25.8 Å². The van der Waals surface area contributed by atoms with E-state index in [4.69, 9.17) is 9.47 Å². The Morgan fingerprint density at radius 1 is 1.35 bits per heavy atom. The molecule has 116 valence electrons. The molecule has 0 aromatic heterocycles. The molecule has 20 heavy (non-hydrogen) atoms. The zero-order chi connectivity index (χ0) is 14.8. The summed E-state index contributed by atoms with van der Waals surface area (Å²) < 4.78 is 10.4. The summed E-state index contributed by atoms with van der Waals surface area (Å²) in [4.78, 5) is 25.1. The van der Waals surface area contributed by atoms with Crippen molar-refractivity contribution >= 4 is 11.9 Å². The summed E-state index contributed by atoms with van der Waals surface area (Å²) in [6.45, 7) is 6.58. The van der Waals surface area contributed by atoms with Crippen molar-refractivity contribution < 1.29 is 19.1 Å². The van der Waals surface area contributed by atoms with Crippen LogP contribution in [0, 0.1) is 0 Å². The molecule has 6 heteroatoms. The first kappa shape index (κ1) is 16.9. The molecule has 1 saturated heterocycles. The maximum Gasteiger partial charge on any atom is 0.320 e. The Hall–Kier alpha value is -1.14. The quantitative estimate of drug-likeness (QED) is 0.627. The number of hydrogen-bond donors (Lipinski definition) is 1. The first-order valence-electron chi connectivity index (χ1n) is 7.42. The summed E-state index contributed by atoms with van der Waals surface area (Å²) in [6, 6.07) is 0. The van der Waals surface area contributed by atoms with Crippen LogP contribution in [-0.2, 0) is 19.1 Å². The molecule has 0 spiro atoms. The van der Waals surface area contributed by atoms with Gasteiger partial charge in [-0.05, 0) is 32.7 Å². The Labute approximate surface area is 120 Å². The molecule has 0 aliphatic carbocycles. The van der Waals surface area contributed by atoms with Crippen molar-refractivity contribution in [3.05, 3.63) is 0 Å². The van der Waals surface area contributed by atoms with Gasteiger partial charge in [0.1, 0.15) is 0 Å². The summed E-state index contributed by atoms with van der Waals surface area (Å²) in [5.74, 6) is -0.355. The molecular formula is C14H26N2O4. The maximum absolute atomic E-state index is 11.9. The van der Waals surface area contributed by atoms with Gasteiger partial charge in [0.2, 0.25) is 5.91 Å². The van der Waals surface area contributed by atoms with E-state index in [-0.39, 0.29) is 31.1 Å². The number of nitrogens with zero attached hydrogens (tertiary/aromatic N) is 1. The number of carbonyl (C=O) groups excluding carboxylic acids is 2. The summed E-state index contributed by atoms with van der Waals surface area (Å²) in [5, 5.41) is 2.86. The largest absolute Gasteiger partial charge is 0.465 e. The van der Waals surface area contributed by atoms with Gasteiger partial charge in [-0.2, -0.15) is 0 Å². The van der Waals surface area contributed by atoms with E-state index in [1.165, 1.54) is 0 Å². The second-order valence-corrected chi connectivity index (χ2v) is 4.95. The second-order valence-electron chi connectivity index (χ2n) is 4.95. The number of hydrogen-bond acceptors (Lipinski definition) is 5. The number of ether oxygens (including phenoxy) is 2. The van der Waals surface area contributed by atoms with Crippen LogP contribution in [-0.4, -0.2) is 62.3 Å². The minimum Gasteiger partial charge on any atom is -0.465 e. The van der Waals surface area contributed by atoms with Crippen LogP contribution >= 0.6 is 0 Å². The fourth-order valence-electron chi connectivity index (χ4n) is 2.21. The Kier molecular flexibility index (Phi) is 8.22. The molecule has 1 heterocycles. The molecular weight excluding hydrogens is 260 g/mol. The first-order valence-corrected chi connectivity index (χ1v) is 7.42. The predicted octanol–water partition coefficient (Wildman–Crippen LogP) is 0.557. The predicted molar refractivity (Wildman–Crippen MR) is 75.3 cm³/mol. The topological polar surface area (TPSA) is 67.9 Å². The zero-order valence-electron chi connectivity index (χ0n) is 12.5. The van der Waals surface area contributed by atoms with Crippen molar-refractivity contribution in [3.63, 3.8) is 0 Å². The van der Waals surface area contributed by atoms with Gasteiger partial charge < -0.3 is 14.8 Å². The Balaban J connectivity index is 2.27. The highest BCUT2D eigenvalue weighted by atomic mass is 16.5. The molecule has 1 amide bonds. The number of nitrogens with one attached hydrogen (secondary N) is 1. The van der Waals surface area contributed by atoms with E-state index in [1.807, 2.05) is 11.8 Å². The van der Waals surface area contributed by atoms with Crippen molar-refractivity contribution in [2.75, 3.05) is 39.4 Å². The van der Waals surface area contributed by atoms with Gasteiger partial charge in [-0.3, -0.25) is 14.5 Å². The molecule has 1 rings (SSSR count). The monoisotopic (exact) mass is 286 g/mol. The van der Waals surface area contributed by atoms with E-state index in [0.717, 1.165) is 25.9 Å². The van der Waals surface area contributed by atoms with Crippen LogP contribution in [0.25, 0.3) is 0 Å². The van der Waals surface area contributed by atoms with E-state index in [1.54, 1.807) is 6.92 Å². The standard InChI is InChI=1S/C14H26N2O4/c1-3-7-16(11-14(18)19-4-2)10-13(17)15-9-12-6-5-8-20-12/h12H,3-11H2,1-2H3,(H,15,17). The zero-order valence-corrected chi connectivity index (χ0v) is 12.5. The lowest BCUT2D eigenvalue weighted by molar-refractivity contribution is -0.144. The van der Waals surface area contributed by atoms with Crippen LogP contribution in [0.3, 0.4) is 0 Å². The molecule has 0 bridgehead atoms. The van der Waals surface area contributed by atoms with E-state index >= 15 is 0 Å². The van der Waals surface area contributed by atoms with E-state index in [2.05, 4.69) is 5.32 Å². The van der Waals surface area contributed by atoms with Gasteiger partial charge in [0, 0.05) is 13.2 Å². The third kappa shape index (κ3) is 6.86. The van der Waals surface area contributed by atoms with Crippen LogP contribution in [0.15, 0.2) is 0 Å². The second kappa shape index (κ2) is 9.72. The molecule has 1 fully saturated rings. The summed E-state index contributed by atoms with van der Waals surface area (Å²) in [7, 11) is 0. The van der Waals surface area contributed by atoms with Gasteiger partial charge in [-0.1, -0.05) is 6.92 Å². The molecule has 1 atom stereocenters.